The van der Waals surface area contributed by atoms with Gasteiger partial charge in [-0.15, -0.1) is 0 Å². The number of aromatic nitrogens is 4. The molecule has 0 bridgehead atoms. The molecule has 0 spiro atoms. The van der Waals surface area contributed by atoms with Gasteiger partial charge in [-0.05, 0) is 40.5 Å². The highest BCUT2D eigenvalue weighted by atomic mass is 32.2. The molecule has 0 unspecified atom stereocenters. The fraction of sp³-hybridized carbons (Fsp3) is 0.632. The van der Waals surface area contributed by atoms with Gasteiger partial charge in [-0.3, -0.25) is 14.2 Å². The van der Waals surface area contributed by atoms with Crippen LogP contribution in [0.4, 0.5) is 0 Å². The summed E-state index contributed by atoms with van der Waals surface area (Å²) in [5.41, 5.74) is 2.97. The van der Waals surface area contributed by atoms with Crippen molar-refractivity contribution in [3.05, 3.63) is 29.3 Å². The number of nitrogens with one attached hydrogen (secondary N) is 1. The van der Waals surface area contributed by atoms with Crippen LogP contribution in [0.1, 0.15) is 49.7 Å². The first kappa shape index (κ1) is 21.5. The maximum Gasteiger partial charge on any atom is 0.246 e. The van der Waals surface area contributed by atoms with Gasteiger partial charge in [-0.25, -0.2) is 8.42 Å². The van der Waals surface area contributed by atoms with Gasteiger partial charge in [0.25, 0.3) is 0 Å². The Morgan fingerprint density at radius 2 is 2.10 bits per heavy atom. The van der Waals surface area contributed by atoms with Crippen molar-refractivity contribution in [3.8, 4) is 0 Å². The van der Waals surface area contributed by atoms with Crippen LogP contribution in [0.3, 0.4) is 0 Å². The summed E-state index contributed by atoms with van der Waals surface area (Å²) in [5.74, 6) is -0.494. The van der Waals surface area contributed by atoms with Crippen molar-refractivity contribution >= 4 is 15.9 Å². The molecule has 160 valence electrons. The van der Waals surface area contributed by atoms with E-state index in [4.69, 9.17) is 0 Å². The van der Waals surface area contributed by atoms with Crippen molar-refractivity contribution in [3.63, 3.8) is 0 Å². The molecule has 9 nitrogen and oxygen atoms in total. The molecule has 29 heavy (non-hydrogen) atoms. The fourth-order valence-corrected chi connectivity index (χ4v) is 5.61. The van der Waals surface area contributed by atoms with E-state index in [0.717, 1.165) is 23.5 Å². The van der Waals surface area contributed by atoms with Gasteiger partial charge >= 0.3 is 0 Å². The Kier molecular flexibility index (Phi) is 6.13. The van der Waals surface area contributed by atoms with E-state index in [0.29, 0.717) is 19.4 Å². The second-order valence-corrected chi connectivity index (χ2v) is 9.62. The van der Waals surface area contributed by atoms with Crippen molar-refractivity contribution in [2.45, 2.75) is 58.0 Å². The minimum atomic E-state index is -3.65. The maximum atomic E-state index is 12.9. The molecule has 2 aromatic heterocycles. The fourth-order valence-electron chi connectivity index (χ4n) is 4.10. The Morgan fingerprint density at radius 3 is 2.69 bits per heavy atom. The zero-order valence-electron chi connectivity index (χ0n) is 17.7. The number of hydrogen-bond acceptors (Lipinski definition) is 5. The standard InChI is InChI=1S/C19H30N6O3S/c1-6-25-15(4)18(14(3)22-25)13(2)21-19(26)16-8-7-9-24(11-16)29(27,28)17-10-20-23(5)12-17/h10,12-13,16H,6-9,11H2,1-5H3,(H,21,26)/t13-,16+/m1/s1. The van der Waals surface area contributed by atoms with Crippen LogP contribution in [0.15, 0.2) is 17.3 Å². The van der Waals surface area contributed by atoms with E-state index in [1.807, 2.05) is 32.4 Å². The Bertz CT molecular complexity index is 994. The van der Waals surface area contributed by atoms with Crippen LogP contribution >= 0.6 is 0 Å². The summed E-state index contributed by atoms with van der Waals surface area (Å²) in [5, 5.41) is 11.5. The van der Waals surface area contributed by atoms with E-state index in [-0.39, 0.29) is 29.3 Å². The molecule has 1 aliphatic rings. The number of piperidine rings is 1. The zero-order valence-corrected chi connectivity index (χ0v) is 18.5. The molecule has 0 radical (unpaired) electrons. The van der Waals surface area contributed by atoms with Crippen LogP contribution in [0.5, 0.6) is 0 Å². The summed E-state index contributed by atoms with van der Waals surface area (Å²) in [7, 11) is -1.97. The number of aryl methyl sites for hydroxylation is 3. The summed E-state index contributed by atoms with van der Waals surface area (Å²) in [4.78, 5) is 13.1. The summed E-state index contributed by atoms with van der Waals surface area (Å²) < 4.78 is 30.5. The molecule has 1 aliphatic heterocycles. The Balaban J connectivity index is 1.71. The number of amides is 1. The lowest BCUT2D eigenvalue weighted by Crippen LogP contribution is -2.45. The van der Waals surface area contributed by atoms with E-state index >= 15 is 0 Å². The quantitative estimate of drug-likeness (QED) is 0.761. The normalized spacial score (nSPS) is 19.3. The highest BCUT2D eigenvalue weighted by Crippen LogP contribution is 2.26. The van der Waals surface area contributed by atoms with Crippen molar-refractivity contribution in [2.24, 2.45) is 13.0 Å². The van der Waals surface area contributed by atoms with E-state index in [1.165, 1.54) is 21.4 Å². The highest BCUT2D eigenvalue weighted by molar-refractivity contribution is 7.89. The van der Waals surface area contributed by atoms with E-state index < -0.39 is 10.0 Å². The summed E-state index contributed by atoms with van der Waals surface area (Å²) in [6.07, 6.45) is 4.15. The van der Waals surface area contributed by atoms with Gasteiger partial charge in [0.15, 0.2) is 0 Å². The molecule has 3 heterocycles. The molecule has 3 rings (SSSR count). The predicted molar refractivity (Wildman–Crippen MR) is 109 cm³/mol. The van der Waals surface area contributed by atoms with E-state index in [2.05, 4.69) is 15.5 Å². The summed E-state index contributed by atoms with van der Waals surface area (Å²) >= 11 is 0. The summed E-state index contributed by atoms with van der Waals surface area (Å²) in [6.45, 7) is 9.30. The first-order valence-corrected chi connectivity index (χ1v) is 11.4. The van der Waals surface area contributed by atoms with Crippen molar-refractivity contribution in [2.75, 3.05) is 13.1 Å². The Labute approximate surface area is 172 Å². The lowest BCUT2D eigenvalue weighted by Gasteiger charge is -2.31. The second kappa shape index (κ2) is 8.27. The monoisotopic (exact) mass is 422 g/mol. The van der Waals surface area contributed by atoms with Gasteiger partial charge < -0.3 is 5.32 Å². The molecule has 0 saturated carbocycles. The first-order valence-electron chi connectivity index (χ1n) is 9.98. The third-order valence-corrected chi connectivity index (χ3v) is 7.42. The largest absolute Gasteiger partial charge is 0.349 e. The molecule has 2 atom stereocenters. The molecular formula is C19H30N6O3S. The third kappa shape index (κ3) is 4.23. The minimum absolute atomic E-state index is 0.119. The van der Waals surface area contributed by atoms with Gasteiger partial charge in [-0.1, -0.05) is 0 Å². The van der Waals surface area contributed by atoms with E-state index in [9.17, 15) is 13.2 Å². The van der Waals surface area contributed by atoms with Crippen molar-refractivity contribution in [1.82, 2.24) is 29.2 Å². The number of carbonyl (C=O) groups is 1. The van der Waals surface area contributed by atoms with Crippen molar-refractivity contribution < 1.29 is 13.2 Å². The number of nitrogens with zero attached hydrogens (tertiary/aromatic N) is 5. The average Bonchev–Trinajstić information content (AvgIpc) is 3.24. The smallest absolute Gasteiger partial charge is 0.246 e. The number of hydrogen-bond donors (Lipinski definition) is 1. The Morgan fingerprint density at radius 1 is 1.38 bits per heavy atom. The molecule has 0 aliphatic carbocycles. The molecule has 0 aromatic carbocycles. The second-order valence-electron chi connectivity index (χ2n) is 7.68. The topological polar surface area (TPSA) is 102 Å². The van der Waals surface area contributed by atoms with Crippen LogP contribution in [-0.2, 0) is 28.4 Å². The van der Waals surface area contributed by atoms with Gasteiger partial charge in [-0.2, -0.15) is 14.5 Å². The molecule has 2 aromatic rings. The minimum Gasteiger partial charge on any atom is -0.349 e. The lowest BCUT2D eigenvalue weighted by molar-refractivity contribution is -0.126. The van der Waals surface area contributed by atoms with Crippen LogP contribution < -0.4 is 5.32 Å². The summed E-state index contributed by atoms with van der Waals surface area (Å²) in [6, 6.07) is -0.187. The van der Waals surface area contributed by atoms with Gasteiger partial charge in [0.05, 0.1) is 23.9 Å². The number of rotatable bonds is 6. The zero-order chi connectivity index (χ0) is 21.3. The van der Waals surface area contributed by atoms with E-state index in [1.54, 1.807) is 7.05 Å². The molecule has 10 heteroatoms. The maximum absolute atomic E-state index is 12.9. The molecule has 1 N–H and O–H groups in total. The van der Waals surface area contributed by atoms with Gasteiger partial charge in [0, 0.05) is 44.1 Å². The van der Waals surface area contributed by atoms with Gasteiger partial charge in [0.1, 0.15) is 4.90 Å². The molecule has 1 fully saturated rings. The molecule has 1 saturated heterocycles. The highest BCUT2D eigenvalue weighted by Gasteiger charge is 2.34. The predicted octanol–water partition coefficient (Wildman–Crippen LogP) is 1.53. The number of carbonyl (C=O) groups excluding carboxylic acids is 1. The average molecular weight is 423 g/mol. The number of sulfonamides is 1. The third-order valence-electron chi connectivity index (χ3n) is 5.60. The molecular weight excluding hydrogens is 392 g/mol. The van der Waals surface area contributed by atoms with Crippen LogP contribution in [0.2, 0.25) is 0 Å². The SMILES string of the molecule is CCn1nc(C)c([C@@H](C)NC(=O)[C@H]2CCCN(S(=O)(=O)c3cnn(C)c3)C2)c1C. The van der Waals surface area contributed by atoms with Crippen LogP contribution in [0, 0.1) is 19.8 Å². The van der Waals surface area contributed by atoms with Crippen LogP contribution in [0.25, 0.3) is 0 Å². The lowest BCUT2D eigenvalue weighted by atomic mass is 9.97. The molecule has 1 amide bonds. The first-order chi connectivity index (χ1) is 13.6. The Hall–Kier alpha value is -2.20. The van der Waals surface area contributed by atoms with Gasteiger partial charge in [0.2, 0.25) is 15.9 Å². The van der Waals surface area contributed by atoms with Crippen molar-refractivity contribution in [1.29, 1.82) is 0 Å². The van der Waals surface area contributed by atoms with Crippen LogP contribution in [-0.4, -0.2) is 51.3 Å².